The Morgan fingerprint density at radius 3 is 2.54 bits per heavy atom. The monoisotopic (exact) mass is 660 g/mol. The van der Waals surface area contributed by atoms with Gasteiger partial charge in [0, 0.05) is 54.3 Å². The van der Waals surface area contributed by atoms with Gasteiger partial charge in [0.25, 0.3) is 0 Å². The number of hydrogen-bond donors (Lipinski definition) is 1. The van der Waals surface area contributed by atoms with Crippen molar-refractivity contribution in [3.05, 3.63) is 70.4 Å². The van der Waals surface area contributed by atoms with Crippen molar-refractivity contribution in [1.29, 1.82) is 0 Å². The molecule has 2 atom stereocenters. The van der Waals surface area contributed by atoms with E-state index in [1.807, 2.05) is 74.7 Å². The topological polar surface area (TPSA) is 107 Å². The Bertz CT molecular complexity index is 1960. The molecule has 1 saturated heterocycles. The molecule has 3 aromatic carbocycles. The standard InChI is InChI=1S/C35H37ClN4O5S/c1-19-17-25-31(28(20-7-10-22(36)11-8-20)27(19)30(34(42)43)45-35(2,3)4)46-32(37-25)21-9-12-26-24(18-21)29(38-39(26)5)23-13-14-40(33(23)41)15-16-44-6/h7-12,17-18,23,30H,13-16H2,1-6H3,(H,42,43)/t23?,30-/m0/s1. The smallest absolute Gasteiger partial charge is 0.337 e. The number of nitrogens with zero attached hydrogens (tertiary/aromatic N) is 4. The molecule has 1 fully saturated rings. The molecule has 3 heterocycles. The number of carbonyl (C=O) groups is 2. The van der Waals surface area contributed by atoms with Gasteiger partial charge >= 0.3 is 5.97 Å². The van der Waals surface area contributed by atoms with E-state index in [-0.39, 0.29) is 11.8 Å². The van der Waals surface area contributed by atoms with Crippen molar-refractivity contribution in [2.75, 3.05) is 26.8 Å². The molecule has 1 N–H and O–H groups in total. The maximum Gasteiger partial charge on any atom is 0.337 e. The van der Waals surface area contributed by atoms with Crippen LogP contribution < -0.4 is 0 Å². The maximum atomic E-state index is 13.3. The van der Waals surface area contributed by atoms with Gasteiger partial charge in [-0.2, -0.15) is 5.10 Å². The van der Waals surface area contributed by atoms with Crippen molar-refractivity contribution in [3.63, 3.8) is 0 Å². The van der Waals surface area contributed by atoms with E-state index in [9.17, 15) is 14.7 Å². The van der Waals surface area contributed by atoms with Crippen LogP contribution in [0.4, 0.5) is 0 Å². The van der Waals surface area contributed by atoms with Crippen LogP contribution in [0.5, 0.6) is 0 Å². The summed E-state index contributed by atoms with van der Waals surface area (Å²) >= 11 is 7.76. The SMILES string of the molecule is COCCN1CCC(c2nn(C)c3ccc(-c4nc5cc(C)c([C@H](OC(C)(C)C)C(=O)O)c(-c6ccc(Cl)cc6)c5s4)cc23)C1=O. The Kier molecular flexibility index (Phi) is 8.67. The van der Waals surface area contributed by atoms with E-state index < -0.39 is 17.7 Å². The number of thiazole rings is 1. The number of hydrogen-bond acceptors (Lipinski definition) is 7. The average Bonchev–Trinajstić information content (AvgIpc) is 3.68. The van der Waals surface area contributed by atoms with E-state index in [1.54, 1.807) is 19.2 Å². The summed E-state index contributed by atoms with van der Waals surface area (Å²) in [7, 11) is 3.53. The van der Waals surface area contributed by atoms with E-state index in [1.165, 1.54) is 11.3 Å². The van der Waals surface area contributed by atoms with Crippen LogP contribution in [0.1, 0.15) is 56.0 Å². The summed E-state index contributed by atoms with van der Waals surface area (Å²) in [4.78, 5) is 32.9. The normalized spacial score (nSPS) is 16.2. The first kappa shape index (κ1) is 32.1. The second-order valence-electron chi connectivity index (χ2n) is 12.7. The molecule has 1 amide bonds. The van der Waals surface area contributed by atoms with E-state index in [2.05, 4.69) is 6.07 Å². The number of methoxy groups -OCH3 is 1. The number of aliphatic carboxylic acids is 1. The summed E-state index contributed by atoms with van der Waals surface area (Å²) in [5.74, 6) is -1.30. The molecule has 240 valence electrons. The molecule has 9 nitrogen and oxygen atoms in total. The Morgan fingerprint density at radius 2 is 1.87 bits per heavy atom. The Morgan fingerprint density at radius 1 is 1.15 bits per heavy atom. The molecule has 0 bridgehead atoms. The fraction of sp³-hybridized carbons (Fsp3) is 0.371. The van der Waals surface area contributed by atoms with Gasteiger partial charge in [-0.15, -0.1) is 11.3 Å². The summed E-state index contributed by atoms with van der Waals surface area (Å²) < 4.78 is 14.0. The molecule has 0 radical (unpaired) electrons. The minimum Gasteiger partial charge on any atom is -0.479 e. The van der Waals surface area contributed by atoms with E-state index in [0.29, 0.717) is 36.7 Å². The van der Waals surface area contributed by atoms with Crippen molar-refractivity contribution in [2.24, 2.45) is 7.05 Å². The van der Waals surface area contributed by atoms with Crippen LogP contribution in [0, 0.1) is 6.92 Å². The second-order valence-corrected chi connectivity index (χ2v) is 14.1. The van der Waals surface area contributed by atoms with Crippen molar-refractivity contribution in [3.8, 4) is 21.7 Å². The number of aromatic nitrogens is 3. The number of carbonyl (C=O) groups excluding carboxylic acids is 1. The lowest BCUT2D eigenvalue weighted by Gasteiger charge is -2.28. The number of amides is 1. The zero-order chi connectivity index (χ0) is 32.9. The van der Waals surface area contributed by atoms with Gasteiger partial charge in [-0.1, -0.05) is 23.7 Å². The number of carboxylic acids is 1. The van der Waals surface area contributed by atoms with E-state index in [0.717, 1.165) is 54.1 Å². The zero-order valence-corrected chi connectivity index (χ0v) is 28.3. The average molecular weight is 661 g/mol. The molecule has 11 heteroatoms. The first-order valence-corrected chi connectivity index (χ1v) is 16.4. The van der Waals surface area contributed by atoms with Crippen LogP contribution in [-0.2, 0) is 26.1 Å². The number of ether oxygens (including phenoxy) is 2. The van der Waals surface area contributed by atoms with Crippen LogP contribution in [0.3, 0.4) is 0 Å². The molecule has 0 aliphatic carbocycles. The Balaban J connectivity index is 1.50. The summed E-state index contributed by atoms with van der Waals surface area (Å²) in [6.07, 6.45) is -0.490. The third-order valence-electron chi connectivity index (χ3n) is 8.34. The van der Waals surface area contributed by atoms with Gasteiger partial charge in [0.1, 0.15) is 5.01 Å². The predicted molar refractivity (Wildman–Crippen MR) is 182 cm³/mol. The fourth-order valence-electron chi connectivity index (χ4n) is 6.26. The number of fused-ring (bicyclic) bond motifs is 2. The molecule has 0 spiro atoms. The van der Waals surface area contributed by atoms with Gasteiger partial charge in [0.05, 0.1) is 39.6 Å². The number of carboxylic acid groups (broad SMARTS) is 1. The van der Waals surface area contributed by atoms with Crippen molar-refractivity contribution in [1.82, 2.24) is 19.7 Å². The van der Waals surface area contributed by atoms with Gasteiger partial charge in [-0.3, -0.25) is 9.48 Å². The van der Waals surface area contributed by atoms with Gasteiger partial charge in [-0.05, 0) is 81.6 Å². The summed E-state index contributed by atoms with van der Waals surface area (Å²) in [6.45, 7) is 9.19. The highest BCUT2D eigenvalue weighted by molar-refractivity contribution is 7.22. The molecule has 1 unspecified atom stereocenters. The highest BCUT2D eigenvalue weighted by Gasteiger charge is 2.36. The first-order chi connectivity index (χ1) is 21.9. The van der Waals surface area contributed by atoms with Gasteiger partial charge < -0.3 is 19.5 Å². The third-order valence-corrected chi connectivity index (χ3v) is 9.73. The molecular weight excluding hydrogens is 624 g/mol. The lowest BCUT2D eigenvalue weighted by Crippen LogP contribution is -2.30. The predicted octanol–water partition coefficient (Wildman–Crippen LogP) is 7.38. The molecule has 1 aliphatic heterocycles. The van der Waals surface area contributed by atoms with Crippen molar-refractivity contribution < 1.29 is 24.2 Å². The van der Waals surface area contributed by atoms with Gasteiger partial charge in [0.2, 0.25) is 5.91 Å². The lowest BCUT2D eigenvalue weighted by molar-refractivity contribution is -0.160. The van der Waals surface area contributed by atoms with Crippen LogP contribution in [0.15, 0.2) is 48.5 Å². The molecular formula is C35H37ClN4O5S. The lowest BCUT2D eigenvalue weighted by atomic mass is 9.91. The maximum absolute atomic E-state index is 13.3. The van der Waals surface area contributed by atoms with Crippen LogP contribution in [0.2, 0.25) is 5.02 Å². The minimum atomic E-state index is -1.19. The van der Waals surface area contributed by atoms with Crippen LogP contribution in [0.25, 0.3) is 42.8 Å². The van der Waals surface area contributed by atoms with Gasteiger partial charge in [0.15, 0.2) is 6.10 Å². The fourth-order valence-corrected chi connectivity index (χ4v) is 7.51. The first-order valence-electron chi connectivity index (χ1n) is 15.2. The molecule has 5 aromatic rings. The number of rotatable bonds is 9. The Hall–Kier alpha value is -3.83. The highest BCUT2D eigenvalue weighted by atomic mass is 35.5. The Labute approximate surface area is 276 Å². The highest BCUT2D eigenvalue weighted by Crippen LogP contribution is 2.45. The van der Waals surface area contributed by atoms with Crippen molar-refractivity contribution >= 4 is 55.9 Å². The van der Waals surface area contributed by atoms with E-state index in [4.69, 9.17) is 31.2 Å². The largest absolute Gasteiger partial charge is 0.479 e. The van der Waals surface area contributed by atoms with Gasteiger partial charge in [-0.25, -0.2) is 9.78 Å². The number of halogens is 1. The second kappa shape index (κ2) is 12.4. The van der Waals surface area contributed by atoms with E-state index >= 15 is 0 Å². The summed E-state index contributed by atoms with van der Waals surface area (Å²) in [5.41, 5.74) is 5.63. The summed E-state index contributed by atoms with van der Waals surface area (Å²) in [5, 5.41) is 17.5. The number of benzene rings is 3. The molecule has 1 aliphatic rings. The third kappa shape index (κ3) is 6.02. The summed E-state index contributed by atoms with van der Waals surface area (Å²) in [6, 6.07) is 15.4. The zero-order valence-electron chi connectivity index (χ0n) is 26.8. The van der Waals surface area contributed by atoms with Crippen LogP contribution in [-0.4, -0.2) is 69.1 Å². The molecule has 2 aromatic heterocycles. The minimum absolute atomic E-state index is 0.0727. The molecule has 6 rings (SSSR count). The van der Waals surface area contributed by atoms with Crippen molar-refractivity contribution in [2.45, 2.75) is 51.7 Å². The molecule has 46 heavy (non-hydrogen) atoms. The quantitative estimate of drug-likeness (QED) is 0.176. The number of aryl methyl sites for hydroxylation is 2. The van der Waals surface area contributed by atoms with Crippen LogP contribution >= 0.6 is 22.9 Å². The molecule has 0 saturated carbocycles. The number of likely N-dealkylation sites (tertiary alicyclic amines) is 1.